The molecular weight excluding hydrogens is 256 g/mol. The molecule has 0 aliphatic carbocycles. The van der Waals surface area contributed by atoms with Crippen LogP contribution >= 0.6 is 0 Å². The van der Waals surface area contributed by atoms with Gasteiger partial charge in [0.25, 0.3) is 0 Å². The third-order valence-corrected chi connectivity index (χ3v) is 3.05. The number of carbonyl (C=O) groups is 2. The molecule has 0 N–H and O–H groups in total. The van der Waals surface area contributed by atoms with E-state index in [1.54, 1.807) is 6.92 Å². The lowest BCUT2D eigenvalue weighted by Crippen LogP contribution is -2.16. The lowest BCUT2D eigenvalue weighted by Gasteiger charge is -2.18. The van der Waals surface area contributed by atoms with Crippen molar-refractivity contribution in [2.45, 2.75) is 26.4 Å². The van der Waals surface area contributed by atoms with Crippen LogP contribution < -0.4 is 0 Å². The first-order valence-corrected chi connectivity index (χ1v) is 6.50. The van der Waals surface area contributed by atoms with Crippen molar-refractivity contribution in [3.8, 4) is 0 Å². The molecule has 2 rings (SSSR count). The second kappa shape index (κ2) is 6.19. The minimum atomic E-state index is -0.583. The fourth-order valence-electron chi connectivity index (χ4n) is 2.09. The molecule has 0 fully saturated rings. The van der Waals surface area contributed by atoms with Gasteiger partial charge in [0.1, 0.15) is 11.9 Å². The van der Waals surface area contributed by atoms with Crippen molar-refractivity contribution in [2.75, 3.05) is 0 Å². The van der Waals surface area contributed by atoms with Gasteiger partial charge in [-0.2, -0.15) is 0 Å². The van der Waals surface area contributed by atoms with Crippen molar-refractivity contribution >= 4 is 17.7 Å². The van der Waals surface area contributed by atoms with E-state index in [9.17, 15) is 9.59 Å². The molecule has 1 aliphatic heterocycles. The van der Waals surface area contributed by atoms with Gasteiger partial charge in [0, 0.05) is 23.3 Å². The van der Waals surface area contributed by atoms with Crippen LogP contribution in [-0.4, -0.2) is 18.0 Å². The molecule has 0 bridgehead atoms. The minimum Gasteiger partial charge on any atom is -0.455 e. The molecule has 1 aromatic carbocycles. The standard InChI is InChI=1S/C16H16O4/c1-3-13-11(2)19-14(17)9-10-15(18)20-16(13)12-7-5-4-6-8-12/h4-11H,3H2,1-2H3/b10-9-,16-13-. The van der Waals surface area contributed by atoms with Crippen LogP contribution in [0.3, 0.4) is 0 Å². The highest BCUT2D eigenvalue weighted by molar-refractivity contribution is 5.94. The van der Waals surface area contributed by atoms with Crippen LogP contribution in [0.4, 0.5) is 0 Å². The Morgan fingerprint density at radius 2 is 1.70 bits per heavy atom. The summed E-state index contributed by atoms with van der Waals surface area (Å²) in [6, 6.07) is 9.32. The second-order valence-corrected chi connectivity index (χ2v) is 4.41. The number of hydrogen-bond donors (Lipinski definition) is 0. The summed E-state index contributed by atoms with van der Waals surface area (Å²) in [5.41, 5.74) is 1.57. The maximum absolute atomic E-state index is 11.7. The van der Waals surface area contributed by atoms with Gasteiger partial charge in [0.15, 0.2) is 0 Å². The lowest BCUT2D eigenvalue weighted by molar-refractivity contribution is -0.140. The molecule has 1 heterocycles. The molecule has 0 radical (unpaired) electrons. The highest BCUT2D eigenvalue weighted by atomic mass is 16.6. The van der Waals surface area contributed by atoms with Crippen LogP contribution in [0, 0.1) is 0 Å². The fourth-order valence-corrected chi connectivity index (χ4v) is 2.09. The average molecular weight is 272 g/mol. The summed E-state index contributed by atoms with van der Waals surface area (Å²) in [5, 5.41) is 0. The zero-order valence-electron chi connectivity index (χ0n) is 11.5. The summed E-state index contributed by atoms with van der Waals surface area (Å²) in [7, 11) is 0. The third-order valence-electron chi connectivity index (χ3n) is 3.05. The Morgan fingerprint density at radius 1 is 1.05 bits per heavy atom. The highest BCUT2D eigenvalue weighted by Gasteiger charge is 2.22. The van der Waals surface area contributed by atoms with Crippen molar-refractivity contribution in [3.63, 3.8) is 0 Å². The SMILES string of the molecule is CC/C1=C(\c2ccccc2)OC(=O)/C=C\C(=O)OC1C. The summed E-state index contributed by atoms with van der Waals surface area (Å²) in [5.74, 6) is -0.666. The summed E-state index contributed by atoms with van der Waals surface area (Å²) in [4.78, 5) is 23.2. The van der Waals surface area contributed by atoms with Crippen molar-refractivity contribution in [2.24, 2.45) is 0 Å². The molecule has 0 saturated carbocycles. The zero-order chi connectivity index (χ0) is 14.5. The van der Waals surface area contributed by atoms with Gasteiger partial charge >= 0.3 is 11.9 Å². The summed E-state index contributed by atoms with van der Waals surface area (Å²) in [6.07, 6.45) is 2.33. The molecule has 0 spiro atoms. The number of hydrogen-bond acceptors (Lipinski definition) is 4. The van der Waals surface area contributed by atoms with Crippen LogP contribution in [0.5, 0.6) is 0 Å². The van der Waals surface area contributed by atoms with Crippen LogP contribution in [0.1, 0.15) is 25.8 Å². The highest BCUT2D eigenvalue weighted by Crippen LogP contribution is 2.27. The number of ether oxygens (including phenoxy) is 2. The summed E-state index contributed by atoms with van der Waals surface area (Å²) in [6.45, 7) is 3.70. The first kappa shape index (κ1) is 14.1. The van der Waals surface area contributed by atoms with E-state index in [1.807, 2.05) is 37.3 Å². The number of rotatable bonds is 2. The van der Waals surface area contributed by atoms with Crippen LogP contribution in [0.15, 0.2) is 48.1 Å². The Kier molecular flexibility index (Phi) is 4.35. The van der Waals surface area contributed by atoms with Gasteiger partial charge < -0.3 is 9.47 Å². The Labute approximate surface area is 117 Å². The normalized spacial score (nSPS) is 25.0. The Morgan fingerprint density at radius 3 is 2.35 bits per heavy atom. The molecular formula is C16H16O4. The molecule has 0 aromatic heterocycles. The van der Waals surface area contributed by atoms with Gasteiger partial charge in [-0.1, -0.05) is 37.3 Å². The minimum absolute atomic E-state index is 0.446. The Balaban J connectivity index is 2.53. The van der Waals surface area contributed by atoms with Gasteiger partial charge in [0.2, 0.25) is 0 Å². The van der Waals surface area contributed by atoms with E-state index in [4.69, 9.17) is 9.47 Å². The van der Waals surface area contributed by atoms with Gasteiger partial charge in [-0.25, -0.2) is 9.59 Å². The van der Waals surface area contributed by atoms with E-state index < -0.39 is 18.0 Å². The van der Waals surface area contributed by atoms with Crippen LogP contribution in [-0.2, 0) is 19.1 Å². The van der Waals surface area contributed by atoms with Gasteiger partial charge in [-0.15, -0.1) is 0 Å². The molecule has 104 valence electrons. The van der Waals surface area contributed by atoms with Crippen LogP contribution in [0.25, 0.3) is 5.76 Å². The maximum Gasteiger partial charge on any atom is 0.336 e. The first-order valence-electron chi connectivity index (χ1n) is 6.50. The van der Waals surface area contributed by atoms with Crippen molar-refractivity contribution in [1.29, 1.82) is 0 Å². The van der Waals surface area contributed by atoms with Gasteiger partial charge in [-0.05, 0) is 13.3 Å². The number of cyclic esters (lactones) is 2. The molecule has 1 aliphatic rings. The van der Waals surface area contributed by atoms with Crippen molar-refractivity contribution in [3.05, 3.63) is 53.6 Å². The van der Waals surface area contributed by atoms with E-state index in [0.29, 0.717) is 12.2 Å². The van der Waals surface area contributed by atoms with E-state index in [-0.39, 0.29) is 0 Å². The molecule has 20 heavy (non-hydrogen) atoms. The maximum atomic E-state index is 11.7. The quantitative estimate of drug-likeness (QED) is 0.777. The van der Waals surface area contributed by atoms with Crippen LogP contribution in [0.2, 0.25) is 0 Å². The Hall–Kier alpha value is -2.36. The predicted molar refractivity (Wildman–Crippen MR) is 74.4 cm³/mol. The molecule has 4 heteroatoms. The topological polar surface area (TPSA) is 52.6 Å². The van der Waals surface area contributed by atoms with E-state index in [0.717, 1.165) is 23.3 Å². The first-order chi connectivity index (χ1) is 9.61. The van der Waals surface area contributed by atoms with E-state index in [2.05, 4.69) is 0 Å². The monoisotopic (exact) mass is 272 g/mol. The second-order valence-electron chi connectivity index (χ2n) is 4.41. The molecule has 1 atom stereocenters. The Bertz CT molecular complexity index is 569. The zero-order valence-corrected chi connectivity index (χ0v) is 11.5. The smallest absolute Gasteiger partial charge is 0.336 e. The fraction of sp³-hybridized carbons (Fsp3) is 0.250. The lowest BCUT2D eigenvalue weighted by atomic mass is 10.0. The molecule has 4 nitrogen and oxygen atoms in total. The molecule has 0 saturated heterocycles. The average Bonchev–Trinajstić information content (AvgIpc) is 2.50. The molecule has 1 aromatic rings. The summed E-state index contributed by atoms with van der Waals surface area (Å²) < 4.78 is 10.7. The number of carbonyl (C=O) groups excluding carboxylic acids is 2. The van der Waals surface area contributed by atoms with E-state index >= 15 is 0 Å². The molecule has 1 unspecified atom stereocenters. The van der Waals surface area contributed by atoms with Gasteiger partial charge in [-0.3, -0.25) is 0 Å². The third kappa shape index (κ3) is 3.15. The van der Waals surface area contributed by atoms with E-state index in [1.165, 1.54) is 0 Å². The largest absolute Gasteiger partial charge is 0.455 e. The van der Waals surface area contributed by atoms with Crippen molar-refractivity contribution in [1.82, 2.24) is 0 Å². The predicted octanol–water partition coefficient (Wildman–Crippen LogP) is 2.85. The van der Waals surface area contributed by atoms with Crippen molar-refractivity contribution < 1.29 is 19.1 Å². The number of esters is 2. The molecule has 0 amide bonds. The number of benzene rings is 1. The summed E-state index contributed by atoms with van der Waals surface area (Å²) >= 11 is 0. The van der Waals surface area contributed by atoms with Gasteiger partial charge in [0.05, 0.1) is 0 Å².